The second-order valence-electron chi connectivity index (χ2n) is 3.28. The summed E-state index contributed by atoms with van der Waals surface area (Å²) < 4.78 is 11.1. The minimum Gasteiger partial charge on any atom is -0.376 e. The zero-order valence-corrected chi connectivity index (χ0v) is 6.51. The highest BCUT2D eigenvalue weighted by atomic mass is 16.6. The Labute approximate surface area is 66.0 Å². The molecule has 2 rings (SSSR count). The maximum absolute atomic E-state index is 5.75. The molecule has 1 atom stereocenters. The van der Waals surface area contributed by atoms with Crippen molar-refractivity contribution in [2.75, 3.05) is 32.8 Å². The lowest BCUT2D eigenvalue weighted by Gasteiger charge is -2.47. The van der Waals surface area contributed by atoms with Crippen molar-refractivity contribution in [1.29, 1.82) is 0 Å². The van der Waals surface area contributed by atoms with Gasteiger partial charge in [0.15, 0.2) is 0 Å². The molecule has 11 heavy (non-hydrogen) atoms. The average Bonchev–Trinajstić information content (AvgIpc) is 2.02. The zero-order chi connectivity index (χ0) is 7.73. The molecule has 2 aliphatic rings. The van der Waals surface area contributed by atoms with E-state index in [0.717, 1.165) is 19.7 Å². The van der Waals surface area contributed by atoms with Crippen LogP contribution < -0.4 is 11.1 Å². The summed E-state index contributed by atoms with van der Waals surface area (Å²) in [5, 5.41) is 3.17. The van der Waals surface area contributed by atoms with E-state index in [1.807, 2.05) is 0 Å². The number of hydrogen-bond acceptors (Lipinski definition) is 4. The predicted octanol–water partition coefficient (Wildman–Crippen LogP) is -1.30. The first-order valence-electron chi connectivity index (χ1n) is 4.01. The van der Waals surface area contributed by atoms with Gasteiger partial charge in [0.25, 0.3) is 0 Å². The molecule has 4 heteroatoms. The monoisotopic (exact) mass is 158 g/mol. The Bertz CT molecular complexity index is 147. The molecule has 0 radical (unpaired) electrons. The molecule has 1 unspecified atom stereocenters. The first kappa shape index (κ1) is 7.49. The van der Waals surface area contributed by atoms with Crippen LogP contribution in [0.15, 0.2) is 0 Å². The van der Waals surface area contributed by atoms with E-state index in [4.69, 9.17) is 15.2 Å². The summed E-state index contributed by atoms with van der Waals surface area (Å²) in [5.41, 5.74) is 5.44. The van der Waals surface area contributed by atoms with Crippen LogP contribution in [0.3, 0.4) is 0 Å². The number of ether oxygens (including phenoxy) is 2. The van der Waals surface area contributed by atoms with Crippen LogP contribution in [0, 0.1) is 0 Å². The zero-order valence-electron chi connectivity index (χ0n) is 6.51. The summed E-state index contributed by atoms with van der Waals surface area (Å²) in [7, 11) is 0. The highest BCUT2D eigenvalue weighted by Crippen LogP contribution is 2.23. The van der Waals surface area contributed by atoms with E-state index < -0.39 is 0 Å². The minimum absolute atomic E-state index is 0.0394. The second-order valence-corrected chi connectivity index (χ2v) is 3.28. The van der Waals surface area contributed by atoms with Crippen molar-refractivity contribution in [2.24, 2.45) is 5.73 Å². The Morgan fingerprint density at radius 3 is 2.91 bits per heavy atom. The molecule has 0 aromatic carbocycles. The van der Waals surface area contributed by atoms with Crippen LogP contribution in [-0.2, 0) is 9.47 Å². The van der Waals surface area contributed by atoms with Gasteiger partial charge >= 0.3 is 0 Å². The van der Waals surface area contributed by atoms with E-state index >= 15 is 0 Å². The van der Waals surface area contributed by atoms with Gasteiger partial charge < -0.3 is 20.5 Å². The lowest BCUT2D eigenvalue weighted by Crippen LogP contribution is -2.67. The van der Waals surface area contributed by atoms with Crippen LogP contribution in [0.1, 0.15) is 0 Å². The first-order chi connectivity index (χ1) is 5.35. The molecule has 2 fully saturated rings. The lowest BCUT2D eigenvalue weighted by molar-refractivity contribution is -0.212. The van der Waals surface area contributed by atoms with Crippen molar-refractivity contribution in [1.82, 2.24) is 5.32 Å². The molecule has 2 saturated heterocycles. The van der Waals surface area contributed by atoms with Crippen LogP contribution in [0.25, 0.3) is 0 Å². The quantitative estimate of drug-likeness (QED) is 0.498. The topological polar surface area (TPSA) is 56.5 Å². The van der Waals surface area contributed by atoms with Crippen LogP contribution >= 0.6 is 0 Å². The molecular formula is C7H14N2O2. The maximum atomic E-state index is 5.75. The highest BCUT2D eigenvalue weighted by molar-refractivity contribution is 4.97. The van der Waals surface area contributed by atoms with Gasteiger partial charge in [-0.15, -0.1) is 0 Å². The molecule has 64 valence electrons. The Hall–Kier alpha value is -0.160. The van der Waals surface area contributed by atoms with E-state index in [-0.39, 0.29) is 11.7 Å². The van der Waals surface area contributed by atoms with Crippen molar-refractivity contribution < 1.29 is 9.47 Å². The second kappa shape index (κ2) is 2.71. The standard InChI is InChI=1S/C7H14N2O2/c8-1-6-2-10-5-7(11-6)3-9-4-7/h6,9H,1-5,8H2. The van der Waals surface area contributed by atoms with Crippen LogP contribution in [0.4, 0.5) is 0 Å². The molecule has 3 N–H and O–H groups in total. The summed E-state index contributed by atoms with van der Waals surface area (Å²) in [4.78, 5) is 0. The summed E-state index contributed by atoms with van der Waals surface area (Å²) in [6.45, 7) is 3.74. The van der Waals surface area contributed by atoms with Gasteiger partial charge in [0.2, 0.25) is 0 Å². The normalized spacial score (nSPS) is 35.2. The minimum atomic E-state index is -0.0394. The molecule has 0 amide bonds. The summed E-state index contributed by atoms with van der Waals surface area (Å²) >= 11 is 0. The molecule has 2 aliphatic heterocycles. The van der Waals surface area contributed by atoms with Crippen molar-refractivity contribution in [2.45, 2.75) is 11.7 Å². The summed E-state index contributed by atoms with van der Waals surface area (Å²) in [6.07, 6.45) is 0.103. The SMILES string of the molecule is NCC1COCC2(CNC2)O1. The van der Waals surface area contributed by atoms with Crippen molar-refractivity contribution in [3.05, 3.63) is 0 Å². The molecule has 2 heterocycles. The molecule has 0 bridgehead atoms. The number of nitrogens with two attached hydrogens (primary N) is 1. The van der Waals surface area contributed by atoms with E-state index in [9.17, 15) is 0 Å². The highest BCUT2D eigenvalue weighted by Gasteiger charge is 2.42. The predicted molar refractivity (Wildman–Crippen MR) is 40.3 cm³/mol. The van der Waals surface area contributed by atoms with E-state index in [1.165, 1.54) is 0 Å². The fourth-order valence-electron chi connectivity index (χ4n) is 1.50. The first-order valence-corrected chi connectivity index (χ1v) is 4.01. The summed E-state index contributed by atoms with van der Waals surface area (Å²) in [5.74, 6) is 0. The molecule has 0 aromatic heterocycles. The van der Waals surface area contributed by atoms with Gasteiger partial charge in [-0.3, -0.25) is 0 Å². The third-order valence-corrected chi connectivity index (χ3v) is 2.24. The smallest absolute Gasteiger partial charge is 0.117 e. The average molecular weight is 158 g/mol. The Morgan fingerprint density at radius 2 is 2.36 bits per heavy atom. The van der Waals surface area contributed by atoms with Gasteiger partial charge in [0.1, 0.15) is 5.60 Å². The third kappa shape index (κ3) is 1.27. The van der Waals surface area contributed by atoms with Gasteiger partial charge in [0, 0.05) is 19.6 Å². The Kier molecular flexibility index (Phi) is 1.85. The number of nitrogens with one attached hydrogen (secondary N) is 1. The third-order valence-electron chi connectivity index (χ3n) is 2.24. The van der Waals surface area contributed by atoms with E-state index in [1.54, 1.807) is 0 Å². The lowest BCUT2D eigenvalue weighted by atomic mass is 9.97. The number of hydrogen-bond donors (Lipinski definition) is 2. The maximum Gasteiger partial charge on any atom is 0.117 e. The fourth-order valence-corrected chi connectivity index (χ4v) is 1.50. The van der Waals surface area contributed by atoms with Gasteiger partial charge in [-0.25, -0.2) is 0 Å². The summed E-state index contributed by atoms with van der Waals surface area (Å²) in [6, 6.07) is 0. The fraction of sp³-hybridized carbons (Fsp3) is 1.00. The van der Waals surface area contributed by atoms with Crippen molar-refractivity contribution >= 4 is 0 Å². The van der Waals surface area contributed by atoms with E-state index in [2.05, 4.69) is 5.32 Å². The molecule has 0 aliphatic carbocycles. The molecule has 0 saturated carbocycles. The molecule has 0 aromatic rings. The molecule has 1 spiro atoms. The van der Waals surface area contributed by atoms with Crippen LogP contribution in [-0.4, -0.2) is 44.6 Å². The van der Waals surface area contributed by atoms with Gasteiger partial charge in [-0.05, 0) is 0 Å². The van der Waals surface area contributed by atoms with Crippen molar-refractivity contribution in [3.63, 3.8) is 0 Å². The van der Waals surface area contributed by atoms with E-state index in [0.29, 0.717) is 13.2 Å². The Morgan fingerprint density at radius 1 is 1.55 bits per heavy atom. The van der Waals surface area contributed by atoms with Crippen LogP contribution in [0.5, 0.6) is 0 Å². The van der Waals surface area contributed by atoms with Gasteiger partial charge in [0.05, 0.1) is 19.3 Å². The van der Waals surface area contributed by atoms with Crippen molar-refractivity contribution in [3.8, 4) is 0 Å². The number of rotatable bonds is 1. The Balaban J connectivity index is 1.92. The molecule has 4 nitrogen and oxygen atoms in total. The van der Waals surface area contributed by atoms with Gasteiger partial charge in [-0.1, -0.05) is 0 Å². The van der Waals surface area contributed by atoms with Gasteiger partial charge in [-0.2, -0.15) is 0 Å². The largest absolute Gasteiger partial charge is 0.376 e. The van der Waals surface area contributed by atoms with Crippen LogP contribution in [0.2, 0.25) is 0 Å². The molecular weight excluding hydrogens is 144 g/mol.